The molecule has 2 saturated carbocycles. The minimum atomic E-state index is -0.969. The molecular weight excluding hydrogens is 156 g/mol. The van der Waals surface area contributed by atoms with Gasteiger partial charge in [0.1, 0.15) is 5.41 Å². The van der Waals surface area contributed by atoms with Gasteiger partial charge in [0.2, 0.25) is 0 Å². The third-order valence-electron chi connectivity index (χ3n) is 3.33. The smallest absolute Gasteiger partial charge is 0.317 e. The minimum Gasteiger partial charge on any atom is -0.480 e. The maximum atomic E-state index is 11.6. The Bertz CT molecular complexity index is 242. The number of carboxylic acid groups (broad SMARTS) is 1. The van der Waals surface area contributed by atoms with E-state index in [4.69, 9.17) is 5.11 Å². The summed E-state index contributed by atoms with van der Waals surface area (Å²) in [6.45, 7) is 0. The molecule has 0 amide bonds. The van der Waals surface area contributed by atoms with Crippen molar-refractivity contribution < 1.29 is 14.7 Å². The molecule has 1 N–H and O–H groups in total. The third-order valence-corrected chi connectivity index (χ3v) is 3.33. The average molecular weight is 168 g/mol. The monoisotopic (exact) mass is 168 g/mol. The zero-order valence-electron chi connectivity index (χ0n) is 6.88. The minimum absolute atomic E-state index is 0.00116. The fraction of sp³-hybridized carbons (Fsp3) is 0.778. The fourth-order valence-electron chi connectivity index (χ4n) is 2.56. The molecule has 0 unspecified atom stereocenters. The Morgan fingerprint density at radius 2 is 2.17 bits per heavy atom. The number of hydrogen-bond acceptors (Lipinski definition) is 2. The first-order chi connectivity index (χ1) is 5.67. The van der Waals surface area contributed by atoms with Gasteiger partial charge in [-0.05, 0) is 25.7 Å². The molecule has 0 spiro atoms. The van der Waals surface area contributed by atoms with E-state index >= 15 is 0 Å². The topological polar surface area (TPSA) is 54.4 Å². The largest absolute Gasteiger partial charge is 0.480 e. The van der Waals surface area contributed by atoms with Gasteiger partial charge in [-0.3, -0.25) is 9.59 Å². The van der Waals surface area contributed by atoms with Crippen LogP contribution in [0.5, 0.6) is 0 Å². The molecule has 2 rings (SSSR count). The highest BCUT2D eigenvalue weighted by atomic mass is 16.4. The lowest BCUT2D eigenvalue weighted by Crippen LogP contribution is -2.39. The van der Waals surface area contributed by atoms with Gasteiger partial charge in [0.25, 0.3) is 0 Å². The number of hydrogen-bond donors (Lipinski definition) is 1. The van der Waals surface area contributed by atoms with Gasteiger partial charge in [-0.15, -0.1) is 0 Å². The van der Waals surface area contributed by atoms with Crippen molar-refractivity contribution in [2.75, 3.05) is 0 Å². The number of carboxylic acids is 1. The standard InChI is InChI=1S/C9H12O3/c10-7-6-2-1-4-9(7,5-3-6)8(11)12/h6H,1-5H2,(H,11,12)/t6-,9-/m0/s1. The zero-order valence-corrected chi connectivity index (χ0v) is 6.88. The maximum Gasteiger partial charge on any atom is 0.317 e. The summed E-state index contributed by atoms with van der Waals surface area (Å²) < 4.78 is 0. The summed E-state index contributed by atoms with van der Waals surface area (Å²) in [5.74, 6) is -0.828. The van der Waals surface area contributed by atoms with Crippen LogP contribution in [0.4, 0.5) is 0 Å². The Kier molecular flexibility index (Phi) is 1.50. The maximum absolute atomic E-state index is 11.6. The molecule has 2 bridgehead atoms. The average Bonchev–Trinajstić information content (AvgIpc) is 2.28. The molecule has 66 valence electrons. The zero-order chi connectivity index (χ0) is 8.77. The van der Waals surface area contributed by atoms with Crippen LogP contribution in [0, 0.1) is 11.3 Å². The summed E-state index contributed by atoms with van der Waals surface area (Å²) in [5.41, 5.74) is -0.969. The molecule has 2 fully saturated rings. The van der Waals surface area contributed by atoms with Crippen LogP contribution in [0.1, 0.15) is 32.1 Å². The molecule has 2 atom stereocenters. The Morgan fingerprint density at radius 3 is 2.75 bits per heavy atom. The third kappa shape index (κ3) is 0.765. The van der Waals surface area contributed by atoms with Crippen LogP contribution in [0.3, 0.4) is 0 Å². The molecule has 0 radical (unpaired) electrons. The highest BCUT2D eigenvalue weighted by Gasteiger charge is 2.55. The highest BCUT2D eigenvalue weighted by molar-refractivity contribution is 6.06. The highest BCUT2D eigenvalue weighted by Crippen LogP contribution is 2.48. The van der Waals surface area contributed by atoms with Crippen molar-refractivity contribution in [1.29, 1.82) is 0 Å². The summed E-state index contributed by atoms with van der Waals surface area (Å²) in [7, 11) is 0. The molecule has 0 heterocycles. The normalized spacial score (nSPS) is 40.0. The van der Waals surface area contributed by atoms with Crippen molar-refractivity contribution in [2.45, 2.75) is 32.1 Å². The number of Topliss-reactive ketones (excluding diaryl/α,β-unsaturated/α-hetero) is 1. The van der Waals surface area contributed by atoms with E-state index < -0.39 is 11.4 Å². The van der Waals surface area contributed by atoms with Gasteiger partial charge in [0.05, 0.1) is 0 Å². The Balaban J connectivity index is 2.36. The van der Waals surface area contributed by atoms with Crippen LogP contribution in [0.15, 0.2) is 0 Å². The number of aliphatic carboxylic acids is 1. The van der Waals surface area contributed by atoms with Gasteiger partial charge in [-0.1, -0.05) is 6.42 Å². The molecular formula is C9H12O3. The van der Waals surface area contributed by atoms with Crippen molar-refractivity contribution in [2.24, 2.45) is 11.3 Å². The lowest BCUT2D eigenvalue weighted by atomic mass is 9.75. The van der Waals surface area contributed by atoms with E-state index in [9.17, 15) is 9.59 Å². The van der Waals surface area contributed by atoms with Crippen molar-refractivity contribution in [3.05, 3.63) is 0 Å². The predicted octanol–water partition coefficient (Wildman–Crippen LogP) is 1.22. The lowest BCUT2D eigenvalue weighted by Gasteiger charge is -2.26. The molecule has 0 aromatic rings. The number of fused-ring (bicyclic) bond motifs is 2. The van der Waals surface area contributed by atoms with Crippen LogP contribution in [0.25, 0.3) is 0 Å². The molecule has 2 aliphatic carbocycles. The van der Waals surface area contributed by atoms with E-state index in [2.05, 4.69) is 0 Å². The van der Waals surface area contributed by atoms with Crippen LogP contribution < -0.4 is 0 Å². The molecule has 3 nitrogen and oxygen atoms in total. The lowest BCUT2D eigenvalue weighted by molar-refractivity contribution is -0.155. The van der Waals surface area contributed by atoms with E-state index in [-0.39, 0.29) is 11.7 Å². The first kappa shape index (κ1) is 7.77. The Morgan fingerprint density at radius 1 is 1.42 bits per heavy atom. The first-order valence-corrected chi connectivity index (χ1v) is 4.44. The second-order valence-electron chi connectivity index (χ2n) is 3.88. The molecule has 3 heteroatoms. The second-order valence-corrected chi connectivity index (χ2v) is 3.88. The van der Waals surface area contributed by atoms with Gasteiger partial charge in [0, 0.05) is 5.92 Å². The van der Waals surface area contributed by atoms with Crippen LogP contribution in [-0.4, -0.2) is 16.9 Å². The van der Waals surface area contributed by atoms with Gasteiger partial charge in [-0.25, -0.2) is 0 Å². The van der Waals surface area contributed by atoms with E-state index in [1.807, 2.05) is 0 Å². The molecule has 2 aliphatic rings. The Hall–Kier alpha value is -0.860. The van der Waals surface area contributed by atoms with Gasteiger partial charge < -0.3 is 5.11 Å². The van der Waals surface area contributed by atoms with Crippen LogP contribution >= 0.6 is 0 Å². The molecule has 0 aromatic heterocycles. The Labute approximate surface area is 70.8 Å². The molecule has 0 aliphatic heterocycles. The number of carbonyl (C=O) groups is 2. The van der Waals surface area contributed by atoms with Gasteiger partial charge >= 0.3 is 5.97 Å². The van der Waals surface area contributed by atoms with Crippen LogP contribution in [0.2, 0.25) is 0 Å². The van der Waals surface area contributed by atoms with Gasteiger partial charge in [-0.2, -0.15) is 0 Å². The molecule has 12 heavy (non-hydrogen) atoms. The van der Waals surface area contributed by atoms with Crippen molar-refractivity contribution >= 4 is 11.8 Å². The number of carbonyl (C=O) groups excluding carboxylic acids is 1. The van der Waals surface area contributed by atoms with Gasteiger partial charge in [0.15, 0.2) is 5.78 Å². The summed E-state index contributed by atoms with van der Waals surface area (Å²) in [5, 5.41) is 8.96. The SMILES string of the molecule is O=C(O)[C@@]12CCC[C@@H](CC1)C2=O. The summed E-state index contributed by atoms with van der Waals surface area (Å²) in [6, 6.07) is 0. The van der Waals surface area contributed by atoms with E-state index in [1.165, 1.54) is 0 Å². The van der Waals surface area contributed by atoms with Crippen molar-refractivity contribution in [3.63, 3.8) is 0 Å². The first-order valence-electron chi connectivity index (χ1n) is 4.44. The van der Waals surface area contributed by atoms with Crippen molar-refractivity contribution in [1.82, 2.24) is 0 Å². The number of ketones is 1. The van der Waals surface area contributed by atoms with E-state index in [1.54, 1.807) is 0 Å². The summed E-state index contributed by atoms with van der Waals surface area (Å²) in [4.78, 5) is 22.5. The second kappa shape index (κ2) is 2.31. The summed E-state index contributed by atoms with van der Waals surface area (Å²) in [6.07, 6.45) is 3.76. The number of rotatable bonds is 1. The quantitative estimate of drug-likeness (QED) is 0.599. The van der Waals surface area contributed by atoms with Crippen LogP contribution in [-0.2, 0) is 9.59 Å². The molecule has 0 saturated heterocycles. The van der Waals surface area contributed by atoms with E-state index in [0.29, 0.717) is 12.8 Å². The summed E-state index contributed by atoms with van der Waals surface area (Å²) >= 11 is 0. The molecule has 0 aromatic carbocycles. The van der Waals surface area contributed by atoms with Crippen molar-refractivity contribution in [3.8, 4) is 0 Å². The van der Waals surface area contributed by atoms with E-state index in [0.717, 1.165) is 19.3 Å². The fourth-order valence-corrected chi connectivity index (χ4v) is 2.56. The predicted molar refractivity (Wildman–Crippen MR) is 41.7 cm³/mol.